The molecule has 1 aliphatic rings. The Morgan fingerprint density at radius 1 is 1.35 bits per heavy atom. The number of carbonyl (C=O) groups excluding carboxylic acids is 1. The predicted octanol–water partition coefficient (Wildman–Crippen LogP) is 4.53. The quantitative estimate of drug-likeness (QED) is 0.836. The van der Waals surface area contributed by atoms with Gasteiger partial charge in [-0.1, -0.05) is 44.9 Å². The molecule has 0 radical (unpaired) electrons. The van der Waals surface area contributed by atoms with Crippen LogP contribution in [-0.2, 0) is 11.2 Å². The number of likely N-dealkylation sites (tertiary alicyclic amines) is 1. The molecular formula is C20H28N2O. The number of hydrogen-bond donors (Lipinski definition) is 1. The number of para-hydroxylation sites is 1. The molecule has 124 valence electrons. The Morgan fingerprint density at radius 3 is 3.00 bits per heavy atom. The maximum atomic E-state index is 12.7. The molecule has 23 heavy (non-hydrogen) atoms. The highest BCUT2D eigenvalue weighted by atomic mass is 16.2. The fourth-order valence-electron chi connectivity index (χ4n) is 3.90. The largest absolute Gasteiger partial charge is 0.361 e. The number of aromatic amines is 1. The van der Waals surface area contributed by atoms with Gasteiger partial charge in [0.2, 0.25) is 5.91 Å². The molecule has 2 aromatic rings. The number of fused-ring (bicyclic) bond motifs is 1. The smallest absolute Gasteiger partial charge is 0.223 e. The van der Waals surface area contributed by atoms with Crippen molar-refractivity contribution in [3.63, 3.8) is 0 Å². The van der Waals surface area contributed by atoms with Crippen LogP contribution in [0.3, 0.4) is 0 Å². The summed E-state index contributed by atoms with van der Waals surface area (Å²) in [4.78, 5) is 18.2. The highest BCUT2D eigenvalue weighted by molar-refractivity contribution is 5.84. The summed E-state index contributed by atoms with van der Waals surface area (Å²) in [6, 6.07) is 8.78. The maximum absolute atomic E-state index is 12.7. The average molecular weight is 312 g/mol. The van der Waals surface area contributed by atoms with Crippen molar-refractivity contribution in [3.8, 4) is 0 Å². The van der Waals surface area contributed by atoms with E-state index in [4.69, 9.17) is 0 Å². The highest BCUT2D eigenvalue weighted by Gasteiger charge is 2.33. The average Bonchev–Trinajstić information content (AvgIpc) is 3.14. The number of carbonyl (C=O) groups is 1. The van der Waals surface area contributed by atoms with Crippen LogP contribution >= 0.6 is 0 Å². The van der Waals surface area contributed by atoms with Crippen LogP contribution in [0.15, 0.2) is 30.5 Å². The van der Waals surface area contributed by atoms with Gasteiger partial charge in [-0.2, -0.15) is 0 Å². The van der Waals surface area contributed by atoms with Crippen LogP contribution < -0.4 is 0 Å². The number of amides is 1. The Hall–Kier alpha value is -1.77. The second-order valence-corrected chi connectivity index (χ2v) is 6.92. The molecule has 0 bridgehead atoms. The van der Waals surface area contributed by atoms with E-state index in [2.05, 4.69) is 48.1 Å². The molecule has 2 heterocycles. The van der Waals surface area contributed by atoms with E-state index in [0.29, 0.717) is 24.3 Å². The van der Waals surface area contributed by atoms with Crippen molar-refractivity contribution in [2.24, 2.45) is 5.92 Å². The molecule has 1 aromatic carbocycles. The Morgan fingerprint density at radius 2 is 2.17 bits per heavy atom. The van der Waals surface area contributed by atoms with Gasteiger partial charge in [-0.15, -0.1) is 0 Å². The molecule has 2 atom stereocenters. The molecule has 1 aromatic heterocycles. The van der Waals surface area contributed by atoms with E-state index in [1.807, 2.05) is 6.07 Å². The van der Waals surface area contributed by atoms with Gasteiger partial charge in [-0.05, 0) is 36.8 Å². The maximum Gasteiger partial charge on any atom is 0.223 e. The first kappa shape index (κ1) is 16.1. The molecule has 1 amide bonds. The van der Waals surface area contributed by atoms with Crippen LogP contribution in [0.1, 0.15) is 51.5 Å². The van der Waals surface area contributed by atoms with E-state index in [-0.39, 0.29) is 0 Å². The van der Waals surface area contributed by atoms with Crippen LogP contribution in [0.25, 0.3) is 10.9 Å². The summed E-state index contributed by atoms with van der Waals surface area (Å²) < 4.78 is 0. The number of hydrogen-bond acceptors (Lipinski definition) is 1. The highest BCUT2D eigenvalue weighted by Crippen LogP contribution is 2.29. The third-order valence-electron chi connectivity index (χ3n) is 5.34. The van der Waals surface area contributed by atoms with Crippen LogP contribution in [0, 0.1) is 5.92 Å². The summed E-state index contributed by atoms with van der Waals surface area (Å²) in [5.41, 5.74) is 2.41. The first-order valence-corrected chi connectivity index (χ1v) is 9.05. The van der Waals surface area contributed by atoms with Crippen molar-refractivity contribution >= 4 is 16.8 Å². The second-order valence-electron chi connectivity index (χ2n) is 6.92. The number of H-pyrrole nitrogens is 1. The van der Waals surface area contributed by atoms with E-state index in [1.54, 1.807) is 0 Å². The van der Waals surface area contributed by atoms with E-state index in [1.165, 1.54) is 23.8 Å². The Labute approximate surface area is 139 Å². The lowest BCUT2D eigenvalue weighted by molar-refractivity contribution is -0.132. The minimum Gasteiger partial charge on any atom is -0.361 e. The minimum atomic E-state index is 0.334. The van der Waals surface area contributed by atoms with Crippen LogP contribution in [0.4, 0.5) is 0 Å². The second kappa shape index (κ2) is 7.20. The zero-order chi connectivity index (χ0) is 16.2. The Balaban J connectivity index is 1.62. The molecular weight excluding hydrogens is 284 g/mol. The molecule has 1 saturated heterocycles. The van der Waals surface area contributed by atoms with Crippen molar-refractivity contribution in [1.82, 2.24) is 9.88 Å². The van der Waals surface area contributed by atoms with Crippen molar-refractivity contribution in [2.45, 2.75) is 58.4 Å². The standard InChI is InChI=1S/C20H28N2O/c1-3-4-9-19-15(2)12-13-22(19)20(23)11-10-16-14-21-18-8-6-5-7-17(16)18/h5-8,14-15,19,21H,3-4,9-13H2,1-2H3. The molecule has 0 spiro atoms. The van der Waals surface area contributed by atoms with Gasteiger partial charge in [0.05, 0.1) is 0 Å². The van der Waals surface area contributed by atoms with Crippen molar-refractivity contribution in [1.29, 1.82) is 0 Å². The van der Waals surface area contributed by atoms with Crippen LogP contribution in [-0.4, -0.2) is 28.4 Å². The normalized spacial score (nSPS) is 21.2. The first-order chi connectivity index (χ1) is 11.2. The lowest BCUT2D eigenvalue weighted by Crippen LogP contribution is -2.37. The molecule has 1 aliphatic heterocycles. The van der Waals surface area contributed by atoms with Gasteiger partial charge in [0.1, 0.15) is 0 Å². The lowest BCUT2D eigenvalue weighted by atomic mass is 9.97. The Bertz CT molecular complexity index is 660. The monoisotopic (exact) mass is 312 g/mol. The first-order valence-electron chi connectivity index (χ1n) is 9.05. The van der Waals surface area contributed by atoms with E-state index < -0.39 is 0 Å². The molecule has 1 fully saturated rings. The molecule has 3 rings (SSSR count). The predicted molar refractivity (Wildman–Crippen MR) is 95.4 cm³/mol. The van der Waals surface area contributed by atoms with Gasteiger partial charge in [0.25, 0.3) is 0 Å². The summed E-state index contributed by atoms with van der Waals surface area (Å²) >= 11 is 0. The minimum absolute atomic E-state index is 0.334. The van der Waals surface area contributed by atoms with Crippen LogP contribution in [0.5, 0.6) is 0 Å². The fraction of sp³-hybridized carbons (Fsp3) is 0.550. The van der Waals surface area contributed by atoms with Gasteiger partial charge in [0.15, 0.2) is 0 Å². The van der Waals surface area contributed by atoms with Crippen LogP contribution in [0.2, 0.25) is 0 Å². The lowest BCUT2D eigenvalue weighted by Gasteiger charge is -2.27. The summed E-state index contributed by atoms with van der Waals surface area (Å²) in [6.45, 7) is 5.47. The third kappa shape index (κ3) is 3.44. The number of aryl methyl sites for hydroxylation is 1. The topological polar surface area (TPSA) is 36.1 Å². The van der Waals surface area contributed by atoms with Crippen molar-refractivity contribution in [2.75, 3.05) is 6.54 Å². The Kier molecular flexibility index (Phi) is 5.04. The summed E-state index contributed by atoms with van der Waals surface area (Å²) in [6.07, 6.45) is 8.26. The third-order valence-corrected chi connectivity index (χ3v) is 5.34. The number of nitrogens with zero attached hydrogens (tertiary/aromatic N) is 1. The summed E-state index contributed by atoms with van der Waals surface area (Å²) in [5, 5.41) is 1.25. The van der Waals surface area contributed by atoms with Crippen molar-refractivity contribution in [3.05, 3.63) is 36.0 Å². The van der Waals surface area contributed by atoms with E-state index in [0.717, 1.165) is 31.3 Å². The molecule has 0 aliphatic carbocycles. The number of rotatable bonds is 6. The zero-order valence-corrected chi connectivity index (χ0v) is 14.3. The zero-order valence-electron chi connectivity index (χ0n) is 14.3. The number of nitrogens with one attached hydrogen (secondary N) is 1. The van der Waals surface area contributed by atoms with Gasteiger partial charge >= 0.3 is 0 Å². The van der Waals surface area contributed by atoms with E-state index >= 15 is 0 Å². The van der Waals surface area contributed by atoms with Gasteiger partial charge in [0, 0.05) is 36.1 Å². The molecule has 0 saturated carbocycles. The summed E-state index contributed by atoms with van der Waals surface area (Å²) in [7, 11) is 0. The SMILES string of the molecule is CCCCC1C(C)CCN1C(=O)CCc1c[nH]c2ccccc12. The molecule has 1 N–H and O–H groups in total. The summed E-state index contributed by atoms with van der Waals surface area (Å²) in [5.74, 6) is 0.985. The number of aromatic nitrogens is 1. The van der Waals surface area contributed by atoms with Gasteiger partial charge < -0.3 is 9.88 Å². The molecule has 2 unspecified atom stereocenters. The van der Waals surface area contributed by atoms with Gasteiger partial charge in [-0.3, -0.25) is 4.79 Å². The molecule has 3 nitrogen and oxygen atoms in total. The van der Waals surface area contributed by atoms with Crippen molar-refractivity contribution < 1.29 is 4.79 Å². The van der Waals surface area contributed by atoms with Gasteiger partial charge in [-0.25, -0.2) is 0 Å². The number of benzene rings is 1. The number of unbranched alkanes of at least 4 members (excludes halogenated alkanes) is 1. The fourth-order valence-corrected chi connectivity index (χ4v) is 3.90. The molecule has 3 heteroatoms. The van der Waals surface area contributed by atoms with E-state index in [9.17, 15) is 4.79 Å².